The van der Waals surface area contributed by atoms with Crippen molar-refractivity contribution < 1.29 is 13.9 Å². The molecule has 1 aromatic heterocycles. The molecule has 1 amide bonds. The Morgan fingerprint density at radius 2 is 1.67 bits per heavy atom. The molecule has 148 valence electrons. The van der Waals surface area contributed by atoms with Gasteiger partial charge in [0.1, 0.15) is 11.6 Å². The van der Waals surface area contributed by atoms with Crippen molar-refractivity contribution in [2.45, 2.75) is 6.92 Å². The van der Waals surface area contributed by atoms with Gasteiger partial charge in [-0.05, 0) is 60.5 Å². The standard InChI is InChI=1S/C24H18FN3O2/c1-16-5-2-3-8-22(16)18-14-26-24(27-15-18)30-21-11-9-17(10-12-21)23(29)28-20-7-4-6-19(25)13-20/h2-15H,1H3,(H,28,29). The second-order valence-corrected chi connectivity index (χ2v) is 6.66. The number of anilines is 1. The number of rotatable bonds is 5. The van der Waals surface area contributed by atoms with E-state index in [0.717, 1.165) is 16.7 Å². The number of aryl methyl sites for hydroxylation is 1. The summed E-state index contributed by atoms with van der Waals surface area (Å²) in [6, 6.07) is 20.5. The number of carbonyl (C=O) groups is 1. The van der Waals surface area contributed by atoms with Gasteiger partial charge in [-0.3, -0.25) is 4.79 Å². The van der Waals surface area contributed by atoms with Crippen LogP contribution < -0.4 is 10.1 Å². The van der Waals surface area contributed by atoms with Gasteiger partial charge in [-0.1, -0.05) is 30.3 Å². The van der Waals surface area contributed by atoms with Gasteiger partial charge in [0.25, 0.3) is 5.91 Å². The van der Waals surface area contributed by atoms with Gasteiger partial charge in [-0.2, -0.15) is 0 Å². The molecule has 1 heterocycles. The van der Waals surface area contributed by atoms with Crippen molar-refractivity contribution in [3.05, 3.63) is 102 Å². The number of hydrogen-bond acceptors (Lipinski definition) is 4. The first-order valence-electron chi connectivity index (χ1n) is 9.31. The van der Waals surface area contributed by atoms with Crippen LogP contribution in [-0.2, 0) is 0 Å². The maximum atomic E-state index is 13.2. The Bertz CT molecular complexity index is 1180. The molecule has 0 saturated carbocycles. The number of halogens is 1. The average molecular weight is 399 g/mol. The number of ether oxygens (including phenoxy) is 1. The number of benzene rings is 3. The molecule has 0 fully saturated rings. The van der Waals surface area contributed by atoms with Gasteiger partial charge in [0.2, 0.25) is 0 Å². The van der Waals surface area contributed by atoms with E-state index >= 15 is 0 Å². The highest BCUT2D eigenvalue weighted by molar-refractivity contribution is 6.04. The molecular formula is C24H18FN3O2. The van der Waals surface area contributed by atoms with Gasteiger partial charge in [0.05, 0.1) is 0 Å². The zero-order valence-corrected chi connectivity index (χ0v) is 16.2. The van der Waals surface area contributed by atoms with Gasteiger partial charge in [-0.15, -0.1) is 0 Å². The molecule has 0 bridgehead atoms. The van der Waals surface area contributed by atoms with Crippen LogP contribution in [0.15, 0.2) is 85.2 Å². The lowest BCUT2D eigenvalue weighted by molar-refractivity contribution is 0.102. The number of hydrogen-bond donors (Lipinski definition) is 1. The molecule has 3 aromatic carbocycles. The molecule has 4 aromatic rings. The highest BCUT2D eigenvalue weighted by Crippen LogP contribution is 2.24. The number of nitrogens with zero attached hydrogens (tertiary/aromatic N) is 2. The summed E-state index contributed by atoms with van der Waals surface area (Å²) in [5.74, 6) is -0.253. The number of carbonyl (C=O) groups excluding carboxylic acids is 1. The quantitative estimate of drug-likeness (QED) is 0.472. The smallest absolute Gasteiger partial charge is 0.321 e. The molecule has 0 aliphatic carbocycles. The molecule has 1 N–H and O–H groups in total. The van der Waals surface area contributed by atoms with E-state index in [1.54, 1.807) is 42.7 Å². The highest BCUT2D eigenvalue weighted by atomic mass is 19.1. The van der Waals surface area contributed by atoms with E-state index in [-0.39, 0.29) is 11.9 Å². The van der Waals surface area contributed by atoms with Crippen molar-refractivity contribution in [1.29, 1.82) is 0 Å². The van der Waals surface area contributed by atoms with E-state index in [0.29, 0.717) is 17.0 Å². The Hall–Kier alpha value is -4.06. The summed E-state index contributed by atoms with van der Waals surface area (Å²) < 4.78 is 18.9. The van der Waals surface area contributed by atoms with Crippen molar-refractivity contribution in [3.8, 4) is 22.9 Å². The third kappa shape index (κ3) is 4.50. The highest BCUT2D eigenvalue weighted by Gasteiger charge is 2.08. The zero-order valence-electron chi connectivity index (χ0n) is 16.2. The normalized spacial score (nSPS) is 10.5. The fourth-order valence-corrected chi connectivity index (χ4v) is 2.95. The molecule has 0 radical (unpaired) electrons. The summed E-state index contributed by atoms with van der Waals surface area (Å²) in [5.41, 5.74) is 3.93. The van der Waals surface area contributed by atoms with Crippen LogP contribution in [0.5, 0.6) is 11.8 Å². The molecule has 4 rings (SSSR count). The molecule has 0 aliphatic rings. The van der Waals surface area contributed by atoms with Crippen LogP contribution in [0.4, 0.5) is 10.1 Å². The largest absolute Gasteiger partial charge is 0.424 e. The molecule has 0 spiro atoms. The minimum atomic E-state index is -0.412. The van der Waals surface area contributed by atoms with Crippen molar-refractivity contribution in [3.63, 3.8) is 0 Å². The van der Waals surface area contributed by atoms with Crippen LogP contribution in [0.3, 0.4) is 0 Å². The van der Waals surface area contributed by atoms with Crippen molar-refractivity contribution in [1.82, 2.24) is 9.97 Å². The Labute approximate surface area is 173 Å². The van der Waals surface area contributed by atoms with E-state index in [2.05, 4.69) is 15.3 Å². The third-order valence-electron chi connectivity index (χ3n) is 4.49. The van der Waals surface area contributed by atoms with Gasteiger partial charge in [-0.25, -0.2) is 14.4 Å². The Kier molecular flexibility index (Phi) is 5.48. The molecule has 0 atom stereocenters. The number of nitrogens with one attached hydrogen (secondary N) is 1. The molecule has 0 unspecified atom stereocenters. The lowest BCUT2D eigenvalue weighted by Gasteiger charge is -2.08. The lowest BCUT2D eigenvalue weighted by atomic mass is 10.0. The van der Waals surface area contributed by atoms with Gasteiger partial charge >= 0.3 is 6.01 Å². The third-order valence-corrected chi connectivity index (χ3v) is 4.49. The first kappa shape index (κ1) is 19.3. The topological polar surface area (TPSA) is 64.1 Å². The van der Waals surface area contributed by atoms with Crippen LogP contribution in [-0.4, -0.2) is 15.9 Å². The summed E-state index contributed by atoms with van der Waals surface area (Å²) >= 11 is 0. The van der Waals surface area contributed by atoms with E-state index in [9.17, 15) is 9.18 Å². The van der Waals surface area contributed by atoms with E-state index in [4.69, 9.17) is 4.74 Å². The molecule has 0 aliphatic heterocycles. The van der Waals surface area contributed by atoms with Crippen molar-refractivity contribution in [2.24, 2.45) is 0 Å². The van der Waals surface area contributed by atoms with Crippen LogP contribution >= 0.6 is 0 Å². The molecule has 0 saturated heterocycles. The van der Waals surface area contributed by atoms with Crippen molar-refractivity contribution in [2.75, 3.05) is 5.32 Å². The van der Waals surface area contributed by atoms with Crippen molar-refractivity contribution >= 4 is 11.6 Å². The van der Waals surface area contributed by atoms with Crippen LogP contribution in [0.25, 0.3) is 11.1 Å². The zero-order chi connectivity index (χ0) is 20.9. The summed E-state index contributed by atoms with van der Waals surface area (Å²) in [5, 5.41) is 2.65. The SMILES string of the molecule is Cc1ccccc1-c1cnc(Oc2ccc(C(=O)Nc3cccc(F)c3)cc2)nc1. The number of aromatic nitrogens is 2. The second-order valence-electron chi connectivity index (χ2n) is 6.66. The van der Waals surface area contributed by atoms with E-state index in [1.165, 1.54) is 18.2 Å². The van der Waals surface area contributed by atoms with E-state index < -0.39 is 5.82 Å². The Morgan fingerprint density at radius 3 is 2.37 bits per heavy atom. The van der Waals surface area contributed by atoms with Gasteiger partial charge in [0.15, 0.2) is 0 Å². The first-order valence-corrected chi connectivity index (χ1v) is 9.31. The minimum absolute atomic E-state index is 0.212. The minimum Gasteiger partial charge on any atom is -0.424 e. The predicted octanol–water partition coefficient (Wildman–Crippen LogP) is 5.64. The Balaban J connectivity index is 1.42. The summed E-state index contributed by atoms with van der Waals surface area (Å²) in [7, 11) is 0. The maximum Gasteiger partial charge on any atom is 0.321 e. The average Bonchev–Trinajstić information content (AvgIpc) is 2.75. The monoisotopic (exact) mass is 399 g/mol. The number of amides is 1. The molecule has 30 heavy (non-hydrogen) atoms. The maximum absolute atomic E-state index is 13.2. The van der Waals surface area contributed by atoms with Gasteiger partial charge < -0.3 is 10.1 Å². The van der Waals surface area contributed by atoms with Crippen LogP contribution in [0.1, 0.15) is 15.9 Å². The van der Waals surface area contributed by atoms with E-state index in [1.807, 2.05) is 31.2 Å². The first-order chi connectivity index (χ1) is 14.6. The van der Waals surface area contributed by atoms with Crippen LogP contribution in [0, 0.1) is 12.7 Å². The second kappa shape index (κ2) is 8.53. The fraction of sp³-hybridized carbons (Fsp3) is 0.0417. The summed E-state index contributed by atoms with van der Waals surface area (Å²) in [6.45, 7) is 2.03. The summed E-state index contributed by atoms with van der Waals surface area (Å²) in [4.78, 5) is 20.8. The molecular weight excluding hydrogens is 381 g/mol. The van der Waals surface area contributed by atoms with Gasteiger partial charge in [0, 0.05) is 29.2 Å². The lowest BCUT2D eigenvalue weighted by Crippen LogP contribution is -2.11. The predicted molar refractivity (Wildman–Crippen MR) is 113 cm³/mol. The Morgan fingerprint density at radius 1 is 0.933 bits per heavy atom. The molecule has 5 nitrogen and oxygen atoms in total. The van der Waals surface area contributed by atoms with Crippen LogP contribution in [0.2, 0.25) is 0 Å². The summed E-state index contributed by atoms with van der Waals surface area (Å²) in [6.07, 6.45) is 3.43. The molecule has 6 heteroatoms. The fourth-order valence-electron chi connectivity index (χ4n) is 2.95.